The van der Waals surface area contributed by atoms with Gasteiger partial charge in [-0.1, -0.05) is 12.1 Å². The Hall–Kier alpha value is -1.74. The summed E-state index contributed by atoms with van der Waals surface area (Å²) in [5, 5.41) is 3.40. The molecule has 0 bridgehead atoms. The number of aryl methyl sites for hydroxylation is 1. The van der Waals surface area contributed by atoms with E-state index in [0.29, 0.717) is 0 Å². The summed E-state index contributed by atoms with van der Waals surface area (Å²) in [6, 6.07) is 8.22. The highest BCUT2D eigenvalue weighted by Crippen LogP contribution is 1.99. The van der Waals surface area contributed by atoms with E-state index in [9.17, 15) is 0 Å². The fourth-order valence-electron chi connectivity index (χ4n) is 1.61. The van der Waals surface area contributed by atoms with Crippen molar-refractivity contribution in [3.8, 4) is 0 Å². The van der Waals surface area contributed by atoms with Gasteiger partial charge in [-0.3, -0.25) is 9.97 Å². The quantitative estimate of drug-likeness (QED) is 0.795. The van der Waals surface area contributed by atoms with E-state index in [1.807, 2.05) is 31.5 Å². The monoisotopic (exact) mass is 227 g/mol. The molecule has 2 heterocycles. The van der Waals surface area contributed by atoms with Gasteiger partial charge in [0.15, 0.2) is 0 Å². The maximum atomic E-state index is 4.27. The molecule has 0 fully saturated rings. The summed E-state index contributed by atoms with van der Waals surface area (Å²) in [6.45, 7) is 3.83. The highest BCUT2D eigenvalue weighted by molar-refractivity contribution is 5.13. The van der Waals surface area contributed by atoms with Gasteiger partial charge in [-0.2, -0.15) is 0 Å². The highest BCUT2D eigenvalue weighted by atomic mass is 14.8. The summed E-state index contributed by atoms with van der Waals surface area (Å²) in [7, 11) is 0. The first-order valence-corrected chi connectivity index (χ1v) is 5.86. The number of hydrogen-bond acceptors (Lipinski definition) is 3. The van der Waals surface area contributed by atoms with Crippen LogP contribution in [0.2, 0.25) is 0 Å². The molecule has 0 radical (unpaired) electrons. The third-order valence-corrected chi connectivity index (χ3v) is 2.61. The molecule has 17 heavy (non-hydrogen) atoms. The molecular weight excluding hydrogens is 210 g/mol. The van der Waals surface area contributed by atoms with Crippen LogP contribution in [-0.4, -0.2) is 16.5 Å². The third kappa shape index (κ3) is 3.96. The van der Waals surface area contributed by atoms with E-state index in [1.165, 1.54) is 11.1 Å². The minimum absolute atomic E-state index is 0.869. The van der Waals surface area contributed by atoms with Crippen molar-refractivity contribution < 1.29 is 0 Å². The van der Waals surface area contributed by atoms with E-state index in [1.54, 1.807) is 6.20 Å². The van der Waals surface area contributed by atoms with Crippen LogP contribution in [0.1, 0.15) is 16.8 Å². The number of nitrogens with zero attached hydrogens (tertiary/aromatic N) is 2. The molecule has 1 N–H and O–H groups in total. The van der Waals surface area contributed by atoms with Crippen LogP contribution in [0.5, 0.6) is 0 Å². The maximum absolute atomic E-state index is 4.27. The smallest absolute Gasteiger partial charge is 0.0372 e. The lowest BCUT2D eigenvalue weighted by Gasteiger charge is -2.04. The lowest BCUT2D eigenvalue weighted by Crippen LogP contribution is -2.16. The predicted molar refractivity (Wildman–Crippen MR) is 68.6 cm³/mol. The summed E-state index contributed by atoms with van der Waals surface area (Å²) in [5.74, 6) is 0. The Labute approximate surface area is 102 Å². The van der Waals surface area contributed by atoms with E-state index in [2.05, 4.69) is 27.4 Å². The maximum Gasteiger partial charge on any atom is 0.0372 e. The van der Waals surface area contributed by atoms with E-state index in [-0.39, 0.29) is 0 Å². The first-order valence-electron chi connectivity index (χ1n) is 5.86. The molecule has 0 amide bonds. The molecule has 88 valence electrons. The highest BCUT2D eigenvalue weighted by Gasteiger charge is 1.94. The zero-order valence-electron chi connectivity index (χ0n) is 10.1. The average Bonchev–Trinajstić information content (AvgIpc) is 2.38. The molecule has 0 aliphatic rings. The van der Waals surface area contributed by atoms with Crippen LogP contribution in [0.15, 0.2) is 42.9 Å². The second kappa shape index (κ2) is 6.11. The molecule has 0 aliphatic heterocycles. The largest absolute Gasteiger partial charge is 0.312 e. The zero-order valence-corrected chi connectivity index (χ0v) is 10.1. The van der Waals surface area contributed by atoms with Crippen molar-refractivity contribution in [2.45, 2.75) is 19.9 Å². The van der Waals surface area contributed by atoms with Crippen LogP contribution in [0.3, 0.4) is 0 Å². The van der Waals surface area contributed by atoms with Crippen molar-refractivity contribution in [3.63, 3.8) is 0 Å². The zero-order chi connectivity index (χ0) is 11.9. The minimum atomic E-state index is 0.869. The van der Waals surface area contributed by atoms with Gasteiger partial charge in [0.2, 0.25) is 0 Å². The van der Waals surface area contributed by atoms with Gasteiger partial charge >= 0.3 is 0 Å². The molecule has 0 aliphatic carbocycles. The van der Waals surface area contributed by atoms with Crippen LogP contribution < -0.4 is 5.32 Å². The van der Waals surface area contributed by atoms with Gasteiger partial charge in [0, 0.05) is 30.8 Å². The third-order valence-electron chi connectivity index (χ3n) is 2.61. The van der Waals surface area contributed by atoms with Crippen molar-refractivity contribution in [2.24, 2.45) is 0 Å². The fourth-order valence-corrected chi connectivity index (χ4v) is 1.61. The molecule has 3 nitrogen and oxygen atoms in total. The topological polar surface area (TPSA) is 37.8 Å². The second-order valence-electron chi connectivity index (χ2n) is 4.10. The summed E-state index contributed by atoms with van der Waals surface area (Å²) in [6.07, 6.45) is 6.64. The lowest BCUT2D eigenvalue weighted by molar-refractivity contribution is 0.684. The van der Waals surface area contributed by atoms with Gasteiger partial charge in [-0.15, -0.1) is 0 Å². The molecule has 0 unspecified atom stereocenters. The Balaban J connectivity index is 1.71. The molecular formula is C14H17N3. The van der Waals surface area contributed by atoms with Crippen LogP contribution in [0.4, 0.5) is 0 Å². The Morgan fingerprint density at radius 3 is 2.76 bits per heavy atom. The van der Waals surface area contributed by atoms with Crippen molar-refractivity contribution in [2.75, 3.05) is 6.54 Å². The SMILES string of the molecule is Cc1ccc(CNCCc2cccnc2)cn1. The van der Waals surface area contributed by atoms with Crippen molar-refractivity contribution in [3.05, 3.63) is 59.7 Å². The predicted octanol–water partition coefficient (Wildman–Crippen LogP) is 2.12. The van der Waals surface area contributed by atoms with Gasteiger partial charge in [0.1, 0.15) is 0 Å². The number of rotatable bonds is 5. The first-order chi connectivity index (χ1) is 8.34. The van der Waals surface area contributed by atoms with Gasteiger partial charge in [-0.25, -0.2) is 0 Å². The number of pyridine rings is 2. The normalized spacial score (nSPS) is 10.4. The minimum Gasteiger partial charge on any atom is -0.312 e. The molecule has 0 saturated heterocycles. The van der Waals surface area contributed by atoms with Gasteiger partial charge < -0.3 is 5.32 Å². The first kappa shape index (κ1) is 11.7. The van der Waals surface area contributed by atoms with Crippen molar-refractivity contribution in [1.82, 2.24) is 15.3 Å². The second-order valence-corrected chi connectivity index (χ2v) is 4.10. The Morgan fingerprint density at radius 1 is 1.12 bits per heavy atom. The van der Waals surface area contributed by atoms with Gasteiger partial charge in [-0.05, 0) is 43.1 Å². The molecule has 0 atom stereocenters. The fraction of sp³-hybridized carbons (Fsp3) is 0.286. The van der Waals surface area contributed by atoms with E-state index in [0.717, 1.165) is 25.2 Å². The van der Waals surface area contributed by atoms with E-state index < -0.39 is 0 Å². The summed E-state index contributed by atoms with van der Waals surface area (Å²) < 4.78 is 0. The molecule has 2 rings (SSSR count). The van der Waals surface area contributed by atoms with Crippen LogP contribution in [-0.2, 0) is 13.0 Å². The Morgan fingerprint density at radius 2 is 2.06 bits per heavy atom. The Kier molecular flexibility index (Phi) is 4.22. The molecule has 2 aromatic heterocycles. The van der Waals surface area contributed by atoms with Crippen LogP contribution >= 0.6 is 0 Å². The van der Waals surface area contributed by atoms with Gasteiger partial charge in [0.25, 0.3) is 0 Å². The number of aromatic nitrogens is 2. The molecule has 0 saturated carbocycles. The van der Waals surface area contributed by atoms with Gasteiger partial charge in [0.05, 0.1) is 0 Å². The molecule has 3 heteroatoms. The summed E-state index contributed by atoms with van der Waals surface area (Å²) >= 11 is 0. The van der Waals surface area contributed by atoms with E-state index in [4.69, 9.17) is 0 Å². The molecule has 0 aromatic carbocycles. The van der Waals surface area contributed by atoms with Crippen LogP contribution in [0, 0.1) is 6.92 Å². The standard InChI is InChI=1S/C14H17N3/c1-12-4-5-14(11-17-12)10-16-8-6-13-3-2-7-15-9-13/h2-5,7,9,11,16H,6,8,10H2,1H3. The average molecular weight is 227 g/mol. The molecule has 0 spiro atoms. The number of nitrogens with one attached hydrogen (secondary N) is 1. The van der Waals surface area contributed by atoms with Crippen molar-refractivity contribution in [1.29, 1.82) is 0 Å². The Bertz CT molecular complexity index is 437. The van der Waals surface area contributed by atoms with Crippen molar-refractivity contribution >= 4 is 0 Å². The molecule has 2 aromatic rings. The lowest BCUT2D eigenvalue weighted by atomic mass is 10.2. The summed E-state index contributed by atoms with van der Waals surface area (Å²) in [5.41, 5.74) is 3.55. The summed E-state index contributed by atoms with van der Waals surface area (Å²) in [4.78, 5) is 8.36. The number of hydrogen-bond donors (Lipinski definition) is 1. The van der Waals surface area contributed by atoms with Crippen LogP contribution in [0.25, 0.3) is 0 Å². The van der Waals surface area contributed by atoms with E-state index >= 15 is 0 Å².